The molecule has 0 aliphatic carbocycles. The molecular formula is C17H21N3. The van der Waals surface area contributed by atoms with E-state index in [1.54, 1.807) is 0 Å². The van der Waals surface area contributed by atoms with Gasteiger partial charge in [-0.05, 0) is 56.1 Å². The summed E-state index contributed by atoms with van der Waals surface area (Å²) in [5, 5.41) is 3.76. The van der Waals surface area contributed by atoms with Crippen molar-refractivity contribution in [2.45, 2.75) is 31.3 Å². The van der Waals surface area contributed by atoms with Gasteiger partial charge in [0.1, 0.15) is 0 Å². The molecule has 2 fully saturated rings. The van der Waals surface area contributed by atoms with Crippen LogP contribution in [0.4, 0.5) is 5.69 Å². The van der Waals surface area contributed by atoms with Crippen LogP contribution in [0.5, 0.6) is 0 Å². The first-order chi connectivity index (χ1) is 9.90. The molecule has 1 aromatic heterocycles. The van der Waals surface area contributed by atoms with Crippen LogP contribution in [0.25, 0.3) is 5.69 Å². The number of hydrogen-bond acceptors (Lipinski definition) is 2. The molecule has 1 N–H and O–H groups in total. The number of anilines is 1. The average molecular weight is 267 g/mol. The third-order valence-corrected chi connectivity index (χ3v) is 4.71. The van der Waals surface area contributed by atoms with Crippen molar-refractivity contribution in [3.8, 4) is 5.69 Å². The van der Waals surface area contributed by atoms with Gasteiger partial charge in [0.25, 0.3) is 0 Å². The Morgan fingerprint density at radius 3 is 2.80 bits per heavy atom. The highest BCUT2D eigenvalue weighted by atomic mass is 15.2. The van der Waals surface area contributed by atoms with Gasteiger partial charge in [0, 0.05) is 42.4 Å². The number of fused-ring (bicyclic) bond motifs is 1. The van der Waals surface area contributed by atoms with Crippen molar-refractivity contribution in [2.24, 2.45) is 0 Å². The van der Waals surface area contributed by atoms with Crippen LogP contribution in [0.3, 0.4) is 0 Å². The number of aromatic nitrogens is 1. The van der Waals surface area contributed by atoms with Gasteiger partial charge >= 0.3 is 0 Å². The van der Waals surface area contributed by atoms with Crippen molar-refractivity contribution >= 4 is 5.69 Å². The molecule has 104 valence electrons. The van der Waals surface area contributed by atoms with Gasteiger partial charge in [-0.2, -0.15) is 0 Å². The van der Waals surface area contributed by atoms with Crippen molar-refractivity contribution in [3.05, 3.63) is 48.8 Å². The van der Waals surface area contributed by atoms with E-state index in [9.17, 15) is 0 Å². The second kappa shape index (κ2) is 4.98. The molecule has 0 bridgehead atoms. The van der Waals surface area contributed by atoms with Crippen LogP contribution >= 0.6 is 0 Å². The van der Waals surface area contributed by atoms with E-state index in [4.69, 9.17) is 0 Å². The Hall–Kier alpha value is -1.74. The summed E-state index contributed by atoms with van der Waals surface area (Å²) in [4.78, 5) is 2.65. The quantitative estimate of drug-likeness (QED) is 0.922. The fourth-order valence-electron chi connectivity index (χ4n) is 3.73. The zero-order valence-electron chi connectivity index (χ0n) is 11.7. The largest absolute Gasteiger partial charge is 0.381 e. The standard InChI is InChI=1S/C17H21N3/c1-2-10-19(9-1)15-6-3-5-14(13-15)18-16-8-12-20-11-4-7-17(16)20/h1-3,5-6,9-10,13,16-18H,4,7-8,11-12H2. The van der Waals surface area contributed by atoms with E-state index in [1.807, 2.05) is 0 Å². The average Bonchev–Trinajstić information content (AvgIpc) is 3.18. The minimum Gasteiger partial charge on any atom is -0.381 e. The fourth-order valence-corrected chi connectivity index (χ4v) is 3.73. The Bertz CT molecular complexity index is 576. The maximum atomic E-state index is 3.76. The minimum absolute atomic E-state index is 0.623. The molecule has 3 heterocycles. The van der Waals surface area contributed by atoms with Crippen molar-refractivity contribution in [1.29, 1.82) is 0 Å². The van der Waals surface area contributed by atoms with E-state index in [2.05, 4.69) is 63.6 Å². The highest BCUT2D eigenvalue weighted by molar-refractivity contribution is 5.52. The number of nitrogens with zero attached hydrogens (tertiary/aromatic N) is 2. The molecule has 0 saturated carbocycles. The summed E-state index contributed by atoms with van der Waals surface area (Å²) in [5.41, 5.74) is 2.47. The van der Waals surface area contributed by atoms with Crippen LogP contribution in [-0.4, -0.2) is 34.6 Å². The van der Waals surface area contributed by atoms with E-state index >= 15 is 0 Å². The second-order valence-corrected chi connectivity index (χ2v) is 5.93. The highest BCUT2D eigenvalue weighted by Gasteiger charge is 2.36. The third-order valence-electron chi connectivity index (χ3n) is 4.71. The van der Waals surface area contributed by atoms with Crippen LogP contribution in [0.15, 0.2) is 48.8 Å². The van der Waals surface area contributed by atoms with Gasteiger partial charge in [-0.1, -0.05) is 6.07 Å². The van der Waals surface area contributed by atoms with Crippen LogP contribution < -0.4 is 5.32 Å². The van der Waals surface area contributed by atoms with Crippen molar-refractivity contribution < 1.29 is 0 Å². The van der Waals surface area contributed by atoms with Gasteiger partial charge in [-0.25, -0.2) is 0 Å². The summed E-state index contributed by atoms with van der Waals surface area (Å²) in [6, 6.07) is 14.2. The predicted molar refractivity (Wildman–Crippen MR) is 82.4 cm³/mol. The van der Waals surface area contributed by atoms with Crippen LogP contribution in [0.2, 0.25) is 0 Å². The number of benzene rings is 1. The number of rotatable bonds is 3. The van der Waals surface area contributed by atoms with E-state index < -0.39 is 0 Å². The highest BCUT2D eigenvalue weighted by Crippen LogP contribution is 2.30. The molecule has 0 radical (unpaired) electrons. The van der Waals surface area contributed by atoms with Gasteiger partial charge in [-0.15, -0.1) is 0 Å². The lowest BCUT2D eigenvalue weighted by molar-refractivity contribution is 0.318. The maximum absolute atomic E-state index is 3.76. The van der Waals surface area contributed by atoms with Gasteiger partial charge in [0.05, 0.1) is 0 Å². The van der Waals surface area contributed by atoms with Crippen molar-refractivity contribution in [3.63, 3.8) is 0 Å². The van der Waals surface area contributed by atoms with Crippen molar-refractivity contribution in [1.82, 2.24) is 9.47 Å². The SMILES string of the molecule is c1cc(NC2CCN3CCCC23)cc(-n2cccc2)c1. The Labute approximate surface area is 120 Å². The summed E-state index contributed by atoms with van der Waals surface area (Å²) in [6.07, 6.45) is 8.18. The molecule has 2 unspecified atom stereocenters. The van der Waals surface area contributed by atoms with Gasteiger partial charge in [0.15, 0.2) is 0 Å². The first-order valence-electron chi connectivity index (χ1n) is 7.64. The smallest absolute Gasteiger partial charge is 0.0469 e. The van der Waals surface area contributed by atoms with E-state index in [1.165, 1.54) is 43.7 Å². The molecule has 2 atom stereocenters. The Kier molecular flexibility index (Phi) is 3.00. The maximum Gasteiger partial charge on any atom is 0.0469 e. The van der Waals surface area contributed by atoms with Crippen molar-refractivity contribution in [2.75, 3.05) is 18.4 Å². The molecule has 2 aromatic rings. The first-order valence-corrected chi connectivity index (χ1v) is 7.64. The van der Waals surface area contributed by atoms with Crippen LogP contribution in [0, 0.1) is 0 Å². The summed E-state index contributed by atoms with van der Waals surface area (Å²) in [6.45, 7) is 2.56. The molecule has 3 heteroatoms. The molecule has 20 heavy (non-hydrogen) atoms. The predicted octanol–water partition coefficient (Wildman–Crippen LogP) is 3.13. The number of hydrogen-bond donors (Lipinski definition) is 1. The Morgan fingerprint density at radius 1 is 1.00 bits per heavy atom. The van der Waals surface area contributed by atoms with Gasteiger partial charge in [-0.3, -0.25) is 4.90 Å². The molecule has 2 aliphatic rings. The Balaban J connectivity index is 1.53. The zero-order valence-corrected chi connectivity index (χ0v) is 11.7. The van der Waals surface area contributed by atoms with E-state index in [0.717, 1.165) is 6.04 Å². The molecule has 1 aromatic carbocycles. The monoisotopic (exact) mass is 267 g/mol. The van der Waals surface area contributed by atoms with Gasteiger partial charge < -0.3 is 9.88 Å². The van der Waals surface area contributed by atoms with E-state index in [0.29, 0.717) is 6.04 Å². The summed E-state index contributed by atoms with van der Waals surface area (Å²) >= 11 is 0. The lowest BCUT2D eigenvalue weighted by Gasteiger charge is -2.22. The second-order valence-electron chi connectivity index (χ2n) is 5.93. The molecule has 2 aliphatic heterocycles. The molecule has 4 rings (SSSR count). The lowest BCUT2D eigenvalue weighted by atomic mass is 10.1. The summed E-state index contributed by atoms with van der Waals surface area (Å²) in [5.74, 6) is 0. The molecule has 2 saturated heterocycles. The van der Waals surface area contributed by atoms with Crippen LogP contribution in [-0.2, 0) is 0 Å². The normalized spacial score (nSPS) is 25.8. The van der Waals surface area contributed by atoms with Gasteiger partial charge in [0.2, 0.25) is 0 Å². The lowest BCUT2D eigenvalue weighted by Crippen LogP contribution is -2.33. The van der Waals surface area contributed by atoms with Crippen LogP contribution in [0.1, 0.15) is 19.3 Å². The summed E-state index contributed by atoms with van der Waals surface area (Å²) < 4.78 is 2.15. The molecule has 0 amide bonds. The zero-order chi connectivity index (χ0) is 13.4. The minimum atomic E-state index is 0.623. The topological polar surface area (TPSA) is 20.2 Å². The fraction of sp³-hybridized carbons (Fsp3) is 0.412. The molecule has 0 spiro atoms. The third kappa shape index (κ3) is 2.12. The van der Waals surface area contributed by atoms with E-state index in [-0.39, 0.29) is 0 Å². The first kappa shape index (κ1) is 12.0. The molecular weight excluding hydrogens is 246 g/mol. The number of nitrogens with one attached hydrogen (secondary N) is 1. The molecule has 3 nitrogen and oxygen atoms in total. The Morgan fingerprint density at radius 2 is 1.90 bits per heavy atom. The summed E-state index contributed by atoms with van der Waals surface area (Å²) in [7, 11) is 0.